The third-order valence-electron chi connectivity index (χ3n) is 4.26. The minimum atomic E-state index is -1.05. The number of aromatic carboxylic acids is 1. The largest absolute Gasteiger partial charge is 0.478 e. The van der Waals surface area contributed by atoms with Crippen LogP contribution in [0.4, 0.5) is 0 Å². The van der Waals surface area contributed by atoms with Crippen molar-refractivity contribution in [2.75, 3.05) is 0 Å². The fourth-order valence-electron chi connectivity index (χ4n) is 2.98. The Morgan fingerprint density at radius 3 is 2.63 bits per heavy atom. The van der Waals surface area contributed by atoms with Crippen molar-refractivity contribution < 1.29 is 9.90 Å². The SMILES string of the molecule is Cc1c(-c2cnc3ccc(Br)cc3c2C(=O)O)nnn1-c1ccc(Cl)cc1. The zero-order valence-corrected chi connectivity index (χ0v) is 16.4. The number of nitrogens with zero attached hydrogens (tertiary/aromatic N) is 4. The van der Waals surface area contributed by atoms with Crippen molar-refractivity contribution in [1.29, 1.82) is 0 Å². The lowest BCUT2D eigenvalue weighted by Crippen LogP contribution is -2.04. The molecule has 0 aliphatic rings. The molecule has 2 aromatic carbocycles. The topological polar surface area (TPSA) is 80.9 Å². The number of aromatic nitrogens is 4. The van der Waals surface area contributed by atoms with E-state index in [0.717, 1.165) is 10.2 Å². The Kier molecular flexibility index (Phi) is 4.41. The third-order valence-corrected chi connectivity index (χ3v) is 5.01. The number of rotatable bonds is 3. The van der Waals surface area contributed by atoms with Gasteiger partial charge >= 0.3 is 5.97 Å². The Labute approximate surface area is 167 Å². The molecule has 0 amide bonds. The summed E-state index contributed by atoms with van der Waals surface area (Å²) < 4.78 is 2.42. The molecule has 0 aliphatic heterocycles. The van der Waals surface area contributed by atoms with E-state index in [1.54, 1.807) is 28.9 Å². The van der Waals surface area contributed by atoms with Crippen molar-refractivity contribution in [2.24, 2.45) is 0 Å². The fraction of sp³-hybridized carbons (Fsp3) is 0.0526. The van der Waals surface area contributed by atoms with Crippen LogP contribution in [0.1, 0.15) is 16.1 Å². The highest BCUT2D eigenvalue weighted by molar-refractivity contribution is 9.10. The summed E-state index contributed by atoms with van der Waals surface area (Å²) >= 11 is 9.33. The summed E-state index contributed by atoms with van der Waals surface area (Å²) in [4.78, 5) is 16.4. The van der Waals surface area contributed by atoms with Crippen molar-refractivity contribution >= 4 is 44.4 Å². The molecule has 0 radical (unpaired) electrons. The van der Waals surface area contributed by atoms with E-state index in [-0.39, 0.29) is 5.56 Å². The van der Waals surface area contributed by atoms with E-state index in [1.807, 2.05) is 25.1 Å². The van der Waals surface area contributed by atoms with Gasteiger partial charge in [-0.15, -0.1) is 5.10 Å². The number of fused-ring (bicyclic) bond motifs is 1. The Morgan fingerprint density at radius 1 is 1.19 bits per heavy atom. The lowest BCUT2D eigenvalue weighted by atomic mass is 10.0. The molecule has 134 valence electrons. The number of hydrogen-bond donors (Lipinski definition) is 1. The molecule has 4 aromatic rings. The van der Waals surface area contributed by atoms with E-state index in [4.69, 9.17) is 11.6 Å². The molecule has 0 saturated carbocycles. The quantitative estimate of drug-likeness (QED) is 0.487. The first-order chi connectivity index (χ1) is 13.0. The molecule has 0 aliphatic carbocycles. The highest BCUT2D eigenvalue weighted by Gasteiger charge is 2.22. The molecular weight excluding hydrogens is 432 g/mol. The van der Waals surface area contributed by atoms with E-state index >= 15 is 0 Å². The minimum Gasteiger partial charge on any atom is -0.478 e. The second-order valence-corrected chi connectivity index (χ2v) is 7.28. The second-order valence-electron chi connectivity index (χ2n) is 5.93. The summed E-state index contributed by atoms with van der Waals surface area (Å²) in [6.45, 7) is 1.83. The summed E-state index contributed by atoms with van der Waals surface area (Å²) in [5.41, 5.74) is 3.12. The third kappa shape index (κ3) is 3.09. The molecule has 1 N–H and O–H groups in total. The van der Waals surface area contributed by atoms with E-state index in [2.05, 4.69) is 31.2 Å². The maximum Gasteiger partial charge on any atom is 0.337 e. The summed E-state index contributed by atoms with van der Waals surface area (Å²) in [5.74, 6) is -1.05. The number of hydrogen-bond acceptors (Lipinski definition) is 4. The zero-order chi connectivity index (χ0) is 19.1. The average Bonchev–Trinajstić information content (AvgIpc) is 3.02. The van der Waals surface area contributed by atoms with Gasteiger partial charge in [0.1, 0.15) is 5.69 Å². The van der Waals surface area contributed by atoms with Crippen LogP contribution in [-0.4, -0.2) is 31.1 Å². The Hall–Kier alpha value is -2.77. The zero-order valence-electron chi connectivity index (χ0n) is 14.0. The molecule has 2 heterocycles. The van der Waals surface area contributed by atoms with Crippen LogP contribution < -0.4 is 0 Å². The van der Waals surface area contributed by atoms with Crippen LogP contribution in [0.15, 0.2) is 53.1 Å². The van der Waals surface area contributed by atoms with Gasteiger partial charge in [-0.2, -0.15) is 0 Å². The van der Waals surface area contributed by atoms with Crippen LogP contribution in [0, 0.1) is 6.92 Å². The molecular formula is C19H12BrClN4O2. The van der Waals surface area contributed by atoms with Crippen molar-refractivity contribution in [3.63, 3.8) is 0 Å². The predicted octanol–water partition coefficient (Wildman–Crippen LogP) is 4.91. The standard InChI is InChI=1S/C19H12BrClN4O2/c1-10-18(23-24-25(10)13-5-3-12(21)4-6-13)15-9-22-16-7-2-11(20)8-14(16)17(15)19(26)27/h2-9H,1H3,(H,26,27). The van der Waals surface area contributed by atoms with Crippen LogP contribution >= 0.6 is 27.5 Å². The van der Waals surface area contributed by atoms with Crippen molar-refractivity contribution in [3.8, 4) is 16.9 Å². The molecule has 0 spiro atoms. The summed E-state index contributed by atoms with van der Waals surface area (Å²) in [6.07, 6.45) is 1.53. The number of carboxylic acid groups (broad SMARTS) is 1. The van der Waals surface area contributed by atoms with Gasteiger partial charge in [-0.3, -0.25) is 4.98 Å². The first kappa shape index (κ1) is 17.6. The lowest BCUT2D eigenvalue weighted by molar-refractivity contribution is 0.0699. The van der Waals surface area contributed by atoms with E-state index in [0.29, 0.717) is 32.9 Å². The lowest BCUT2D eigenvalue weighted by Gasteiger charge is -2.09. The van der Waals surface area contributed by atoms with Gasteiger partial charge in [0, 0.05) is 26.6 Å². The van der Waals surface area contributed by atoms with E-state index in [1.165, 1.54) is 6.20 Å². The van der Waals surface area contributed by atoms with Gasteiger partial charge in [-0.25, -0.2) is 9.48 Å². The van der Waals surface area contributed by atoms with Gasteiger partial charge in [0.2, 0.25) is 0 Å². The van der Waals surface area contributed by atoms with Crippen molar-refractivity contribution in [3.05, 3.63) is 69.4 Å². The van der Waals surface area contributed by atoms with Gasteiger partial charge in [-0.05, 0) is 49.4 Å². The Balaban J connectivity index is 1.94. The normalized spacial score (nSPS) is 11.1. The predicted molar refractivity (Wildman–Crippen MR) is 107 cm³/mol. The van der Waals surface area contributed by atoms with E-state index < -0.39 is 5.97 Å². The molecule has 6 nitrogen and oxygen atoms in total. The highest BCUT2D eigenvalue weighted by atomic mass is 79.9. The van der Waals surface area contributed by atoms with Gasteiger partial charge in [0.15, 0.2) is 0 Å². The van der Waals surface area contributed by atoms with Crippen LogP contribution in [0.25, 0.3) is 27.8 Å². The number of pyridine rings is 1. The minimum absolute atomic E-state index is 0.146. The molecule has 0 bridgehead atoms. The second kappa shape index (κ2) is 6.75. The Bertz CT molecular complexity index is 1190. The van der Waals surface area contributed by atoms with Gasteiger partial charge in [-0.1, -0.05) is 32.7 Å². The molecule has 0 atom stereocenters. The van der Waals surface area contributed by atoms with Gasteiger partial charge in [0.25, 0.3) is 0 Å². The molecule has 2 aromatic heterocycles. The van der Waals surface area contributed by atoms with Crippen LogP contribution in [0.2, 0.25) is 5.02 Å². The fourth-order valence-corrected chi connectivity index (χ4v) is 3.47. The molecule has 0 unspecified atom stereocenters. The number of carbonyl (C=O) groups is 1. The first-order valence-corrected chi connectivity index (χ1v) is 9.13. The molecule has 4 rings (SSSR count). The summed E-state index contributed by atoms with van der Waals surface area (Å²) in [5, 5.41) is 19.4. The average molecular weight is 444 g/mol. The molecule has 0 saturated heterocycles. The van der Waals surface area contributed by atoms with Crippen molar-refractivity contribution in [2.45, 2.75) is 6.92 Å². The number of carboxylic acids is 1. The van der Waals surface area contributed by atoms with Crippen molar-refractivity contribution in [1.82, 2.24) is 20.0 Å². The van der Waals surface area contributed by atoms with Crippen LogP contribution in [0.3, 0.4) is 0 Å². The van der Waals surface area contributed by atoms with Gasteiger partial charge < -0.3 is 5.11 Å². The number of halogens is 2. The summed E-state index contributed by atoms with van der Waals surface area (Å²) in [6, 6.07) is 12.5. The summed E-state index contributed by atoms with van der Waals surface area (Å²) in [7, 11) is 0. The van der Waals surface area contributed by atoms with Gasteiger partial charge in [0.05, 0.1) is 22.5 Å². The molecule has 0 fully saturated rings. The first-order valence-electron chi connectivity index (χ1n) is 7.96. The maximum atomic E-state index is 12.0. The van der Waals surface area contributed by atoms with Crippen LogP contribution in [0.5, 0.6) is 0 Å². The molecule has 27 heavy (non-hydrogen) atoms. The number of benzene rings is 2. The van der Waals surface area contributed by atoms with Crippen LogP contribution in [-0.2, 0) is 0 Å². The maximum absolute atomic E-state index is 12.0. The monoisotopic (exact) mass is 442 g/mol. The van der Waals surface area contributed by atoms with E-state index in [9.17, 15) is 9.90 Å². The highest BCUT2D eigenvalue weighted by Crippen LogP contribution is 2.31. The Morgan fingerprint density at radius 2 is 1.93 bits per heavy atom. The molecule has 8 heteroatoms. The smallest absolute Gasteiger partial charge is 0.337 e.